The van der Waals surface area contributed by atoms with Crippen LogP contribution in [0.25, 0.3) is 0 Å². The molecule has 0 aromatic rings. The molecule has 24 heteroatoms. The van der Waals surface area contributed by atoms with Crippen molar-refractivity contribution in [1.82, 2.24) is 57.7 Å². The monoisotopic (exact) mass is 1220 g/mol. The summed E-state index contributed by atoms with van der Waals surface area (Å²) in [6.45, 7) is 31.1. The molecule has 0 spiro atoms. The lowest BCUT2D eigenvalue weighted by atomic mass is 9.92. The number of amides is 10. The fraction of sp³-hybridized carbons (Fsp3) is 0.790. The summed E-state index contributed by atoms with van der Waals surface area (Å²) in [5.74, 6) is -8.25. The highest BCUT2D eigenvalue weighted by Crippen LogP contribution is 2.25. The number of rotatable bonds is 37. The summed E-state index contributed by atoms with van der Waals surface area (Å²) in [7, 11) is 3.77. The third-order valence-electron chi connectivity index (χ3n) is 15.1. The van der Waals surface area contributed by atoms with Gasteiger partial charge in [-0.25, -0.2) is 0 Å². The zero-order valence-corrected chi connectivity index (χ0v) is 55.5. The number of aliphatic hydroxyl groups is 2. The largest absolute Gasteiger partial charge is 0.393 e. The van der Waals surface area contributed by atoms with E-state index in [1.807, 2.05) is 74.4 Å². The number of hydrogen-bond acceptors (Lipinski definition) is 14. The van der Waals surface area contributed by atoms with E-state index in [-0.39, 0.29) is 98.8 Å². The Hall–Kier alpha value is -6.01. The molecule has 0 saturated carbocycles. The smallest absolute Gasteiger partial charge is 0.246 e. The number of nitrogens with zero attached hydrogens (tertiary/aromatic N) is 2. The van der Waals surface area contributed by atoms with Gasteiger partial charge in [0.05, 0.1) is 12.2 Å². The van der Waals surface area contributed by atoms with Crippen LogP contribution >= 0.6 is 0 Å². The maximum absolute atomic E-state index is 14.6. The van der Waals surface area contributed by atoms with Gasteiger partial charge in [-0.05, 0) is 136 Å². The first-order valence-electron chi connectivity index (χ1n) is 30.8. The van der Waals surface area contributed by atoms with Crippen molar-refractivity contribution in [1.29, 1.82) is 0 Å². The molecule has 1 aliphatic heterocycles. The average molecular weight is 1220 g/mol. The first-order valence-corrected chi connectivity index (χ1v) is 30.8. The maximum atomic E-state index is 14.6. The van der Waals surface area contributed by atoms with Crippen molar-refractivity contribution in [2.45, 2.75) is 247 Å². The van der Waals surface area contributed by atoms with Gasteiger partial charge in [-0.1, -0.05) is 88.7 Å². The van der Waals surface area contributed by atoms with E-state index in [4.69, 9.17) is 0 Å². The molecule has 0 aromatic heterocycles. The summed E-state index contributed by atoms with van der Waals surface area (Å²) in [6.07, 6.45) is 2.07. The summed E-state index contributed by atoms with van der Waals surface area (Å²) in [5.41, 5.74) is -4.93. The molecule has 10 amide bonds. The molecule has 11 N–H and O–H groups in total. The van der Waals surface area contributed by atoms with Gasteiger partial charge in [0, 0.05) is 44.9 Å². The van der Waals surface area contributed by atoms with Crippen LogP contribution in [-0.2, 0) is 52.7 Å². The van der Waals surface area contributed by atoms with E-state index in [0.29, 0.717) is 19.5 Å². The van der Waals surface area contributed by atoms with Crippen LogP contribution in [0.2, 0.25) is 0 Å². The number of likely N-dealkylation sites (tertiary alicyclic amines) is 1. The first-order chi connectivity index (χ1) is 39.6. The number of hydrogen-bond donors (Lipinski definition) is 11. The molecular weight excluding hydrogens is 1110 g/mol. The molecule has 0 bridgehead atoms. The normalized spacial score (nSPS) is 18.0. The highest BCUT2D eigenvalue weighted by molar-refractivity contribution is 6.00. The van der Waals surface area contributed by atoms with Gasteiger partial charge in [0.1, 0.15) is 52.6 Å². The van der Waals surface area contributed by atoms with Crippen LogP contribution in [-0.4, -0.2) is 184 Å². The predicted octanol–water partition coefficient (Wildman–Crippen LogP) is 2.28. The fourth-order valence-electron chi connectivity index (χ4n) is 9.77. The molecular formula is C62H111N11O13. The third-order valence-corrected chi connectivity index (χ3v) is 15.1. The minimum atomic E-state index is -1.82. The number of likely N-dealkylation sites (N-methyl/N-ethyl adjacent to an activating group) is 1. The van der Waals surface area contributed by atoms with Gasteiger partial charge >= 0.3 is 0 Å². The van der Waals surface area contributed by atoms with Crippen LogP contribution in [0.3, 0.4) is 0 Å². The molecule has 24 nitrogen and oxygen atoms in total. The molecule has 0 radical (unpaired) electrons. The molecule has 1 rings (SSSR count). The van der Waals surface area contributed by atoms with Gasteiger partial charge in [0.2, 0.25) is 59.1 Å². The topological polar surface area (TPSA) is 343 Å². The van der Waals surface area contributed by atoms with Crippen LogP contribution < -0.4 is 47.9 Å². The van der Waals surface area contributed by atoms with Crippen LogP contribution in [0.1, 0.15) is 182 Å². The van der Waals surface area contributed by atoms with Crippen molar-refractivity contribution in [2.24, 2.45) is 35.5 Å². The van der Waals surface area contributed by atoms with E-state index in [9.17, 15) is 63.0 Å². The number of aliphatic hydroxyl groups excluding tert-OH is 2. The maximum Gasteiger partial charge on any atom is 0.246 e. The number of nitrogens with one attached hydrogen (secondary N) is 9. The second-order valence-electron chi connectivity index (χ2n) is 27.1. The Kier molecular flexibility index (Phi) is 32.4. The number of allylic oxidation sites excluding steroid dienone is 1. The molecule has 0 unspecified atom stereocenters. The highest BCUT2D eigenvalue weighted by Gasteiger charge is 2.43. The van der Waals surface area contributed by atoms with Gasteiger partial charge < -0.3 is 67.9 Å². The first kappa shape index (κ1) is 78.0. The second-order valence-corrected chi connectivity index (χ2v) is 27.1. The second kappa shape index (κ2) is 35.7. The van der Waals surface area contributed by atoms with E-state index in [1.165, 1.54) is 52.5 Å². The van der Waals surface area contributed by atoms with E-state index < -0.39 is 118 Å². The van der Waals surface area contributed by atoms with Crippen molar-refractivity contribution in [3.8, 4) is 0 Å². The molecule has 1 fully saturated rings. The molecule has 1 heterocycles. The van der Waals surface area contributed by atoms with Crippen LogP contribution in [0, 0.1) is 35.5 Å². The quantitative estimate of drug-likeness (QED) is 0.0398. The number of carbonyl (C=O) groups is 11. The SMILES string of the molecule is CCC(=O)C[C@@H](O)C[C@@H](C)C[C@H](NC(=O)[C@@H]1C[C@H](C)CN1C(=O)/C=C/[C@H](C)CC)C(=O)N[C@H](C(=O)NC(C)(C)C(=O)N[C@@H](CC(C)C)C(=O)N[C@@H](CC(C)C)C(=O)NC(C)(C)C(=O)NC(C)(C)C(=O)NCCC(=O)N[C@@H](C)CN(C)C)[C@H](O)C(C)C. The highest BCUT2D eigenvalue weighted by atomic mass is 16.3. The van der Waals surface area contributed by atoms with Gasteiger partial charge in [-0.2, -0.15) is 0 Å². The van der Waals surface area contributed by atoms with E-state index in [1.54, 1.807) is 33.8 Å². The zero-order valence-electron chi connectivity index (χ0n) is 55.5. The fourth-order valence-corrected chi connectivity index (χ4v) is 9.77. The van der Waals surface area contributed by atoms with Gasteiger partial charge in [-0.3, -0.25) is 52.7 Å². The molecule has 0 aliphatic carbocycles. The van der Waals surface area contributed by atoms with E-state index in [0.717, 1.165) is 6.42 Å². The van der Waals surface area contributed by atoms with Crippen molar-refractivity contribution in [2.75, 3.05) is 33.7 Å². The van der Waals surface area contributed by atoms with Crippen molar-refractivity contribution in [3.63, 3.8) is 0 Å². The molecule has 11 atom stereocenters. The predicted molar refractivity (Wildman–Crippen MR) is 330 cm³/mol. The van der Waals surface area contributed by atoms with Crippen molar-refractivity contribution in [3.05, 3.63) is 12.2 Å². The summed E-state index contributed by atoms with van der Waals surface area (Å²) < 4.78 is 0. The third kappa shape index (κ3) is 27.4. The van der Waals surface area contributed by atoms with E-state index in [2.05, 4.69) is 47.9 Å². The number of carbonyl (C=O) groups excluding carboxylic acids is 11. The Morgan fingerprint density at radius 1 is 0.628 bits per heavy atom. The van der Waals surface area contributed by atoms with E-state index >= 15 is 0 Å². The molecule has 0 aromatic carbocycles. The molecule has 1 aliphatic rings. The Labute approximate surface area is 512 Å². The minimum absolute atomic E-state index is 0.00837. The Bertz CT molecular complexity index is 2340. The van der Waals surface area contributed by atoms with Crippen molar-refractivity contribution >= 4 is 64.9 Å². The minimum Gasteiger partial charge on any atom is -0.393 e. The Balaban J connectivity index is 3.44. The number of ketones is 1. The van der Waals surface area contributed by atoms with Crippen LogP contribution in [0.4, 0.5) is 0 Å². The van der Waals surface area contributed by atoms with Gasteiger partial charge in [0.15, 0.2) is 0 Å². The molecule has 86 heavy (non-hydrogen) atoms. The van der Waals surface area contributed by atoms with Crippen molar-refractivity contribution < 1.29 is 63.0 Å². The lowest BCUT2D eigenvalue weighted by molar-refractivity contribution is -0.140. The summed E-state index contributed by atoms with van der Waals surface area (Å²) in [5, 5.41) is 46.7. The lowest BCUT2D eigenvalue weighted by Gasteiger charge is -2.34. The summed E-state index contributed by atoms with van der Waals surface area (Å²) in [6, 6.07) is -6.61. The standard InChI is InChI=1S/C62H111N11O13/c1-21-38(9)23-24-49(77)73-33-40(11)31-47(73)55(82)66-46(30-39(10)29-43(75)32-42(74)22-2)53(80)68-50(51(78)37(7)8)56(83)70-61(15,16)58(85)67-44(27-35(3)4)52(79)65-45(28-36(5)6)54(81)69-62(17,18)59(86)71-60(13,14)57(84)63-26-25-48(76)64-41(12)34-72(19)20/h23-24,35-41,43-47,50-51,75,78H,21-22,25-34H2,1-20H3,(H,63,84)(H,64,76)(H,65,79)(H,66,82)(H,67,85)(H,68,80)(H,69,81)(H,70,83)(H,71,86)/b24-23+/t38-,39-,40+,41+,43+,44+,45+,46+,47+,50+,51-/m1/s1. The van der Waals surface area contributed by atoms with Crippen LogP contribution in [0.15, 0.2) is 12.2 Å². The lowest BCUT2D eigenvalue weighted by Crippen LogP contribution is -2.66. The Morgan fingerprint density at radius 3 is 1.69 bits per heavy atom. The molecule has 1 saturated heterocycles. The molecule has 492 valence electrons. The van der Waals surface area contributed by atoms with Gasteiger partial charge in [-0.15, -0.1) is 0 Å². The van der Waals surface area contributed by atoms with Gasteiger partial charge in [0.25, 0.3) is 0 Å². The number of Topliss-reactive ketones (excluding diaryl/α,β-unsaturated/α-hetero) is 1. The Morgan fingerprint density at radius 2 is 1.15 bits per heavy atom. The zero-order chi connectivity index (χ0) is 66.4. The summed E-state index contributed by atoms with van der Waals surface area (Å²) >= 11 is 0. The summed E-state index contributed by atoms with van der Waals surface area (Å²) in [4.78, 5) is 154. The van der Waals surface area contributed by atoms with Crippen LogP contribution in [0.5, 0.6) is 0 Å². The average Bonchev–Trinajstić information content (AvgIpc) is 3.94.